The van der Waals surface area contributed by atoms with E-state index in [4.69, 9.17) is 11.6 Å². The molecule has 0 atom stereocenters. The predicted molar refractivity (Wildman–Crippen MR) is 64.0 cm³/mol. The molecule has 0 nitrogen and oxygen atoms in total. The molecule has 0 aliphatic carbocycles. The van der Waals surface area contributed by atoms with Crippen molar-refractivity contribution in [2.75, 3.05) is 5.88 Å². The van der Waals surface area contributed by atoms with Crippen LogP contribution in [0, 0.1) is 5.41 Å². The molecule has 14 heavy (non-hydrogen) atoms. The van der Waals surface area contributed by atoms with Gasteiger partial charge in [0.05, 0.1) is 0 Å². The Bertz CT molecular complexity index is 272. The summed E-state index contributed by atoms with van der Waals surface area (Å²) >= 11 is 5.90. The van der Waals surface area contributed by atoms with Gasteiger partial charge in [0.1, 0.15) is 0 Å². The molecule has 0 N–H and O–H groups in total. The number of hydrogen-bond acceptors (Lipinski definition) is 0. The van der Waals surface area contributed by atoms with E-state index in [2.05, 4.69) is 45.0 Å². The molecule has 1 aromatic rings. The number of rotatable bonds is 4. The van der Waals surface area contributed by atoms with Crippen LogP contribution in [-0.4, -0.2) is 5.88 Å². The molecule has 0 radical (unpaired) electrons. The van der Waals surface area contributed by atoms with Crippen molar-refractivity contribution in [1.29, 1.82) is 0 Å². The smallest absolute Gasteiger partial charge is 0.0277 e. The summed E-state index contributed by atoms with van der Waals surface area (Å²) in [4.78, 5) is 0. The number of alkyl halides is 1. The Morgan fingerprint density at radius 1 is 1.07 bits per heavy atom. The molecule has 0 saturated heterocycles. The first-order chi connectivity index (χ1) is 6.57. The van der Waals surface area contributed by atoms with Gasteiger partial charge in [0.2, 0.25) is 0 Å². The zero-order valence-electron chi connectivity index (χ0n) is 9.31. The Labute approximate surface area is 92.3 Å². The minimum absolute atomic E-state index is 0.204. The topological polar surface area (TPSA) is 0 Å². The summed E-state index contributed by atoms with van der Waals surface area (Å²) in [5.74, 6) is 0.711. The summed E-state index contributed by atoms with van der Waals surface area (Å²) in [6, 6.07) is 8.85. The van der Waals surface area contributed by atoms with Crippen LogP contribution in [0.4, 0.5) is 0 Å². The van der Waals surface area contributed by atoms with Gasteiger partial charge in [-0.2, -0.15) is 0 Å². The summed E-state index contributed by atoms with van der Waals surface area (Å²) in [6.07, 6.45) is 2.17. The van der Waals surface area contributed by atoms with Crippen molar-refractivity contribution in [1.82, 2.24) is 0 Å². The number of halogens is 1. The van der Waals surface area contributed by atoms with Gasteiger partial charge in [-0.25, -0.2) is 0 Å². The Kier molecular flexibility index (Phi) is 4.00. The third-order valence-corrected chi connectivity index (χ3v) is 3.20. The molecular weight excluding hydrogens is 192 g/mol. The zero-order chi connectivity index (χ0) is 10.6. The third kappa shape index (κ3) is 3.34. The Morgan fingerprint density at radius 3 is 2.00 bits per heavy atom. The zero-order valence-corrected chi connectivity index (χ0v) is 10.1. The van der Waals surface area contributed by atoms with Gasteiger partial charge < -0.3 is 0 Å². The van der Waals surface area contributed by atoms with E-state index in [9.17, 15) is 0 Å². The van der Waals surface area contributed by atoms with Crippen LogP contribution in [0.15, 0.2) is 24.3 Å². The second-order valence-corrected chi connectivity index (χ2v) is 4.91. The highest BCUT2D eigenvalue weighted by Crippen LogP contribution is 2.23. The van der Waals surface area contributed by atoms with E-state index in [1.807, 2.05) is 0 Å². The van der Waals surface area contributed by atoms with E-state index < -0.39 is 0 Å². The van der Waals surface area contributed by atoms with Crippen molar-refractivity contribution < 1.29 is 0 Å². The van der Waals surface area contributed by atoms with Crippen molar-refractivity contribution in [2.24, 2.45) is 5.41 Å². The summed E-state index contributed by atoms with van der Waals surface area (Å²) in [6.45, 7) is 6.58. The van der Waals surface area contributed by atoms with Crippen LogP contribution in [-0.2, 0) is 12.8 Å². The predicted octanol–water partition coefficient (Wildman–Crippen LogP) is 4.06. The minimum atomic E-state index is 0.204. The van der Waals surface area contributed by atoms with Crippen molar-refractivity contribution in [2.45, 2.75) is 33.6 Å². The van der Waals surface area contributed by atoms with Gasteiger partial charge in [-0.05, 0) is 29.4 Å². The third-order valence-electron chi connectivity index (χ3n) is 2.48. The van der Waals surface area contributed by atoms with Crippen LogP contribution in [0.3, 0.4) is 0 Å². The number of aryl methyl sites for hydroxylation is 1. The molecule has 0 aliphatic rings. The Balaban J connectivity index is 2.69. The van der Waals surface area contributed by atoms with Crippen LogP contribution >= 0.6 is 11.6 Å². The maximum absolute atomic E-state index is 5.90. The van der Waals surface area contributed by atoms with E-state index in [1.165, 1.54) is 11.1 Å². The van der Waals surface area contributed by atoms with Crippen molar-refractivity contribution in [3.8, 4) is 0 Å². The van der Waals surface area contributed by atoms with Gasteiger partial charge >= 0.3 is 0 Å². The molecule has 0 heterocycles. The first kappa shape index (κ1) is 11.6. The lowest BCUT2D eigenvalue weighted by Crippen LogP contribution is -2.16. The van der Waals surface area contributed by atoms with Crippen molar-refractivity contribution >= 4 is 11.6 Å². The molecular formula is C13H19Cl. The Morgan fingerprint density at radius 2 is 1.57 bits per heavy atom. The molecule has 1 aromatic carbocycles. The second-order valence-electron chi connectivity index (χ2n) is 4.64. The van der Waals surface area contributed by atoms with Gasteiger partial charge in [0.25, 0.3) is 0 Å². The van der Waals surface area contributed by atoms with Crippen molar-refractivity contribution in [3.05, 3.63) is 35.4 Å². The van der Waals surface area contributed by atoms with Crippen LogP contribution in [0.25, 0.3) is 0 Å². The molecule has 0 amide bonds. The quantitative estimate of drug-likeness (QED) is 0.658. The first-order valence-corrected chi connectivity index (χ1v) is 5.74. The van der Waals surface area contributed by atoms with E-state index in [1.54, 1.807) is 0 Å². The minimum Gasteiger partial charge on any atom is -0.126 e. The van der Waals surface area contributed by atoms with Gasteiger partial charge in [-0.3, -0.25) is 0 Å². The summed E-state index contributed by atoms with van der Waals surface area (Å²) in [7, 11) is 0. The number of hydrogen-bond donors (Lipinski definition) is 0. The Hall–Kier alpha value is -0.490. The molecule has 0 fully saturated rings. The lowest BCUT2D eigenvalue weighted by atomic mass is 9.87. The monoisotopic (exact) mass is 210 g/mol. The molecule has 1 rings (SSSR count). The molecule has 0 aliphatic heterocycles. The lowest BCUT2D eigenvalue weighted by Gasteiger charge is -2.21. The van der Waals surface area contributed by atoms with E-state index in [0.717, 1.165) is 12.8 Å². The average Bonchev–Trinajstić information content (AvgIpc) is 2.19. The van der Waals surface area contributed by atoms with E-state index in [-0.39, 0.29) is 5.41 Å². The van der Waals surface area contributed by atoms with Gasteiger partial charge in [-0.1, -0.05) is 45.0 Å². The molecule has 0 aromatic heterocycles. The van der Waals surface area contributed by atoms with Crippen LogP contribution in [0.1, 0.15) is 31.9 Å². The summed E-state index contributed by atoms with van der Waals surface area (Å²) < 4.78 is 0. The van der Waals surface area contributed by atoms with Crippen LogP contribution in [0.5, 0.6) is 0 Å². The summed E-state index contributed by atoms with van der Waals surface area (Å²) in [5.41, 5.74) is 2.99. The standard InChI is InChI=1S/C13H19Cl/c1-4-11-5-7-12(8-6-11)9-13(2,3)10-14/h5-8H,4,9-10H2,1-3H3. The normalized spacial score (nSPS) is 11.7. The highest BCUT2D eigenvalue weighted by atomic mass is 35.5. The fourth-order valence-electron chi connectivity index (χ4n) is 1.49. The van der Waals surface area contributed by atoms with Crippen LogP contribution < -0.4 is 0 Å². The van der Waals surface area contributed by atoms with E-state index >= 15 is 0 Å². The highest BCUT2D eigenvalue weighted by Gasteiger charge is 2.16. The van der Waals surface area contributed by atoms with Gasteiger partial charge in [0, 0.05) is 5.88 Å². The number of benzene rings is 1. The molecule has 0 spiro atoms. The summed E-state index contributed by atoms with van der Waals surface area (Å²) in [5, 5.41) is 0. The first-order valence-electron chi connectivity index (χ1n) is 5.21. The van der Waals surface area contributed by atoms with E-state index in [0.29, 0.717) is 5.88 Å². The molecule has 1 heteroatoms. The average molecular weight is 211 g/mol. The molecule has 0 bridgehead atoms. The fourth-order valence-corrected chi connectivity index (χ4v) is 1.59. The maximum atomic E-state index is 5.90. The lowest BCUT2D eigenvalue weighted by molar-refractivity contribution is 0.418. The SMILES string of the molecule is CCc1ccc(CC(C)(C)CCl)cc1. The largest absolute Gasteiger partial charge is 0.126 e. The van der Waals surface area contributed by atoms with Gasteiger partial charge in [0.15, 0.2) is 0 Å². The molecule has 0 unspecified atom stereocenters. The highest BCUT2D eigenvalue weighted by molar-refractivity contribution is 6.18. The maximum Gasteiger partial charge on any atom is 0.0277 e. The molecule has 78 valence electrons. The molecule has 0 saturated carbocycles. The van der Waals surface area contributed by atoms with Crippen LogP contribution in [0.2, 0.25) is 0 Å². The van der Waals surface area contributed by atoms with Crippen molar-refractivity contribution in [3.63, 3.8) is 0 Å². The fraction of sp³-hybridized carbons (Fsp3) is 0.538. The van der Waals surface area contributed by atoms with Gasteiger partial charge in [-0.15, -0.1) is 11.6 Å². The second kappa shape index (κ2) is 4.84.